The number of rotatable bonds is 8. The zero-order valence-corrected chi connectivity index (χ0v) is 23.3. The third kappa shape index (κ3) is 5.56. The van der Waals surface area contributed by atoms with Gasteiger partial charge in [0.2, 0.25) is 5.88 Å². The summed E-state index contributed by atoms with van der Waals surface area (Å²) >= 11 is 0. The maximum absolute atomic E-state index is 12.5. The minimum atomic E-state index is -0.491. The van der Waals surface area contributed by atoms with Gasteiger partial charge in [-0.15, -0.1) is 0 Å². The largest absolute Gasteiger partial charge is 0.497 e. The number of ether oxygens (including phenoxy) is 3. The number of carbonyl (C=O) groups is 2. The number of benzene rings is 3. The molecule has 0 atom stereocenters. The van der Waals surface area contributed by atoms with Crippen LogP contribution in [0.25, 0.3) is 28.1 Å². The number of amides is 1. The standard InChI is InChI=1S/C32H29N3O6/c1-19-8-6-9-27(20(19)2)35-32(41-21(3)36)29(30(34-35)23-16-25(38-4)18-26(17-23)39-5)22-11-13-24(14-12-22)33-31(37)28-10-7-15-40-28/h6-18H,1-5H3,(H,33,37). The van der Waals surface area contributed by atoms with Crippen LogP contribution in [0.1, 0.15) is 28.6 Å². The second kappa shape index (κ2) is 11.4. The van der Waals surface area contributed by atoms with Crippen molar-refractivity contribution in [1.29, 1.82) is 0 Å². The lowest BCUT2D eigenvalue weighted by molar-refractivity contribution is -0.132. The number of anilines is 1. The van der Waals surface area contributed by atoms with Crippen molar-refractivity contribution in [2.45, 2.75) is 20.8 Å². The zero-order chi connectivity index (χ0) is 29.1. The fraction of sp³-hybridized carbons (Fsp3) is 0.156. The molecule has 5 rings (SSSR count). The van der Waals surface area contributed by atoms with Gasteiger partial charge in [-0.1, -0.05) is 24.3 Å². The Balaban J connectivity index is 1.71. The molecule has 0 spiro atoms. The molecule has 5 aromatic rings. The molecular weight excluding hydrogens is 522 g/mol. The van der Waals surface area contributed by atoms with E-state index in [4.69, 9.17) is 23.7 Å². The van der Waals surface area contributed by atoms with Crippen molar-refractivity contribution in [3.63, 3.8) is 0 Å². The van der Waals surface area contributed by atoms with Crippen LogP contribution >= 0.6 is 0 Å². The number of furan rings is 1. The molecule has 0 unspecified atom stereocenters. The number of nitrogens with one attached hydrogen (secondary N) is 1. The summed E-state index contributed by atoms with van der Waals surface area (Å²) in [6, 6.07) is 21.8. The van der Waals surface area contributed by atoms with Crippen molar-refractivity contribution in [2.24, 2.45) is 0 Å². The zero-order valence-electron chi connectivity index (χ0n) is 23.3. The first-order valence-corrected chi connectivity index (χ1v) is 12.9. The molecule has 0 saturated heterocycles. The highest BCUT2D eigenvalue weighted by Gasteiger charge is 2.26. The van der Waals surface area contributed by atoms with Gasteiger partial charge in [-0.2, -0.15) is 9.78 Å². The van der Waals surface area contributed by atoms with Crippen molar-refractivity contribution in [1.82, 2.24) is 9.78 Å². The van der Waals surface area contributed by atoms with E-state index in [0.717, 1.165) is 16.8 Å². The van der Waals surface area contributed by atoms with Gasteiger partial charge in [0.25, 0.3) is 5.91 Å². The van der Waals surface area contributed by atoms with Gasteiger partial charge in [0.05, 0.1) is 31.7 Å². The van der Waals surface area contributed by atoms with Crippen molar-refractivity contribution in [2.75, 3.05) is 19.5 Å². The molecule has 3 aromatic carbocycles. The Hall–Kier alpha value is -5.31. The molecular formula is C32H29N3O6. The average Bonchev–Trinajstić information content (AvgIpc) is 3.64. The van der Waals surface area contributed by atoms with Crippen LogP contribution in [0, 0.1) is 13.8 Å². The van der Waals surface area contributed by atoms with Crippen LogP contribution in [0.2, 0.25) is 0 Å². The van der Waals surface area contributed by atoms with Gasteiger partial charge < -0.3 is 23.9 Å². The van der Waals surface area contributed by atoms with Crippen molar-refractivity contribution in [3.05, 3.63) is 95.9 Å². The summed E-state index contributed by atoms with van der Waals surface area (Å²) in [7, 11) is 3.16. The molecule has 0 aliphatic carbocycles. The molecule has 1 N–H and O–H groups in total. The first-order valence-electron chi connectivity index (χ1n) is 12.9. The highest BCUT2D eigenvalue weighted by atomic mass is 16.5. The molecule has 0 bridgehead atoms. The molecule has 208 valence electrons. The predicted molar refractivity (Wildman–Crippen MR) is 155 cm³/mol. The number of hydrogen-bond donors (Lipinski definition) is 1. The van der Waals surface area contributed by atoms with Crippen LogP contribution in [0.5, 0.6) is 17.4 Å². The molecule has 41 heavy (non-hydrogen) atoms. The Morgan fingerprint density at radius 1 is 0.878 bits per heavy atom. The van der Waals surface area contributed by atoms with Crippen LogP contribution in [0.3, 0.4) is 0 Å². The van der Waals surface area contributed by atoms with Crippen LogP contribution in [0.15, 0.2) is 83.5 Å². The predicted octanol–water partition coefficient (Wildman–Crippen LogP) is 6.61. The number of aromatic nitrogens is 2. The van der Waals surface area contributed by atoms with E-state index in [-0.39, 0.29) is 17.5 Å². The van der Waals surface area contributed by atoms with Crippen molar-refractivity contribution in [3.8, 4) is 45.5 Å². The van der Waals surface area contributed by atoms with E-state index in [1.54, 1.807) is 49.2 Å². The highest BCUT2D eigenvalue weighted by molar-refractivity contribution is 6.02. The lowest BCUT2D eigenvalue weighted by Gasteiger charge is -2.13. The molecule has 9 heteroatoms. The molecule has 0 aliphatic rings. The Bertz CT molecular complexity index is 1700. The fourth-order valence-corrected chi connectivity index (χ4v) is 4.49. The minimum Gasteiger partial charge on any atom is -0.497 e. The third-order valence-electron chi connectivity index (χ3n) is 6.69. The first-order chi connectivity index (χ1) is 19.8. The summed E-state index contributed by atoms with van der Waals surface area (Å²) < 4.78 is 23.7. The van der Waals surface area contributed by atoms with Crippen LogP contribution in [-0.4, -0.2) is 35.9 Å². The van der Waals surface area contributed by atoms with Gasteiger partial charge in [0.1, 0.15) is 17.2 Å². The molecule has 0 saturated carbocycles. The van der Waals surface area contributed by atoms with Crippen molar-refractivity contribution < 1.29 is 28.2 Å². The van der Waals surface area contributed by atoms with Crippen LogP contribution in [-0.2, 0) is 4.79 Å². The molecule has 0 radical (unpaired) electrons. The van der Waals surface area contributed by atoms with E-state index in [2.05, 4.69) is 5.32 Å². The topological polar surface area (TPSA) is 105 Å². The summed E-state index contributed by atoms with van der Waals surface area (Å²) in [5, 5.41) is 7.80. The second-order valence-electron chi connectivity index (χ2n) is 9.36. The number of aryl methyl sites for hydroxylation is 1. The van der Waals surface area contributed by atoms with Gasteiger partial charge >= 0.3 is 5.97 Å². The maximum atomic E-state index is 12.5. The number of nitrogens with zero attached hydrogens (tertiary/aromatic N) is 2. The highest BCUT2D eigenvalue weighted by Crippen LogP contribution is 2.43. The summed E-state index contributed by atoms with van der Waals surface area (Å²) in [5.41, 5.74) is 5.93. The fourth-order valence-electron chi connectivity index (χ4n) is 4.49. The SMILES string of the molecule is COc1cc(OC)cc(-c2nn(-c3cccc(C)c3C)c(OC(C)=O)c2-c2ccc(NC(=O)c3ccco3)cc2)c1. The number of carbonyl (C=O) groups excluding carboxylic acids is 2. The summed E-state index contributed by atoms with van der Waals surface area (Å²) in [6.07, 6.45) is 1.44. The lowest BCUT2D eigenvalue weighted by atomic mass is 10.00. The van der Waals surface area contributed by atoms with Gasteiger partial charge in [-0.25, -0.2) is 0 Å². The van der Waals surface area contributed by atoms with Gasteiger partial charge in [-0.05, 0) is 73.0 Å². The summed E-state index contributed by atoms with van der Waals surface area (Å²) in [5.74, 6) is 0.768. The van der Waals surface area contributed by atoms with Gasteiger partial charge in [0, 0.05) is 24.2 Å². The molecule has 2 heterocycles. The van der Waals surface area contributed by atoms with Crippen LogP contribution < -0.4 is 19.5 Å². The number of hydrogen-bond acceptors (Lipinski definition) is 7. The van der Waals surface area contributed by atoms with Gasteiger partial charge in [-0.3, -0.25) is 9.59 Å². The van der Waals surface area contributed by atoms with E-state index >= 15 is 0 Å². The number of methoxy groups -OCH3 is 2. The molecule has 0 fully saturated rings. The molecule has 0 aliphatic heterocycles. The van der Waals surface area contributed by atoms with E-state index in [1.165, 1.54) is 13.2 Å². The third-order valence-corrected chi connectivity index (χ3v) is 6.69. The molecule has 1 amide bonds. The lowest BCUT2D eigenvalue weighted by Crippen LogP contribution is -2.10. The minimum absolute atomic E-state index is 0.204. The van der Waals surface area contributed by atoms with Crippen LogP contribution in [0.4, 0.5) is 5.69 Å². The Morgan fingerprint density at radius 3 is 2.20 bits per heavy atom. The van der Waals surface area contributed by atoms with E-state index in [1.807, 2.05) is 56.3 Å². The quantitative estimate of drug-likeness (QED) is 0.216. The van der Waals surface area contributed by atoms with E-state index in [0.29, 0.717) is 39.6 Å². The first kappa shape index (κ1) is 27.3. The smallest absolute Gasteiger partial charge is 0.309 e. The average molecular weight is 552 g/mol. The Labute approximate surface area is 237 Å². The van der Waals surface area contributed by atoms with Crippen molar-refractivity contribution >= 4 is 17.6 Å². The summed E-state index contributed by atoms with van der Waals surface area (Å²) in [6.45, 7) is 5.36. The van der Waals surface area contributed by atoms with E-state index < -0.39 is 5.97 Å². The Morgan fingerprint density at radius 2 is 1.59 bits per heavy atom. The second-order valence-corrected chi connectivity index (χ2v) is 9.36. The monoisotopic (exact) mass is 551 g/mol. The normalized spacial score (nSPS) is 10.8. The molecule has 9 nitrogen and oxygen atoms in total. The van der Waals surface area contributed by atoms with E-state index in [9.17, 15) is 9.59 Å². The summed E-state index contributed by atoms with van der Waals surface area (Å²) in [4.78, 5) is 24.9. The number of esters is 1. The maximum Gasteiger partial charge on any atom is 0.309 e. The Kier molecular flexibility index (Phi) is 7.60. The molecule has 2 aromatic heterocycles. The van der Waals surface area contributed by atoms with Gasteiger partial charge in [0.15, 0.2) is 5.76 Å².